The van der Waals surface area contributed by atoms with Gasteiger partial charge in [0.1, 0.15) is 0 Å². The fraction of sp³-hybridized carbons (Fsp3) is 0. The maximum Gasteiger partial charge on any atom is 0.194 e. The molecule has 0 saturated heterocycles. The number of aromatic amines is 1. The Morgan fingerprint density at radius 1 is 1.23 bits per heavy atom. The van der Waals surface area contributed by atoms with Crippen LogP contribution in [0.1, 0.15) is 5.56 Å². The number of rotatable bonds is 2. The summed E-state index contributed by atoms with van der Waals surface area (Å²) >= 11 is 0. The molecule has 0 amide bonds. The molecule has 0 fully saturated rings. The molecule has 13 heavy (non-hydrogen) atoms. The number of nitrogens with zero attached hydrogens (tertiary/aromatic N) is 3. The van der Waals surface area contributed by atoms with Crippen LogP contribution < -0.4 is 0 Å². The Bertz CT molecular complexity index is 377. The summed E-state index contributed by atoms with van der Waals surface area (Å²) < 4.78 is 0. The second-order valence-corrected chi connectivity index (χ2v) is 2.50. The van der Waals surface area contributed by atoms with E-state index >= 15 is 0 Å². The lowest BCUT2D eigenvalue weighted by Crippen LogP contribution is -1.77. The first-order valence-corrected chi connectivity index (χ1v) is 3.90. The third-order valence-electron chi connectivity index (χ3n) is 1.55. The molecule has 2 rings (SSSR count). The second-order valence-electron chi connectivity index (χ2n) is 2.50. The Labute approximate surface area is 75.3 Å². The zero-order valence-electron chi connectivity index (χ0n) is 6.88. The Morgan fingerprint density at radius 2 is 2.08 bits per heavy atom. The molecule has 0 aliphatic carbocycles. The molecule has 0 bridgehead atoms. The van der Waals surface area contributed by atoms with Crippen LogP contribution >= 0.6 is 0 Å². The number of aliphatic imine (C=N–C) groups is 1. The molecule has 1 aromatic heterocycles. The fourth-order valence-corrected chi connectivity index (χ4v) is 0.938. The molecular weight excluding hydrogens is 164 g/mol. The minimum Gasteiger partial charge on any atom is -0.234 e. The molecule has 4 heteroatoms. The van der Waals surface area contributed by atoms with Gasteiger partial charge in [0.2, 0.25) is 0 Å². The van der Waals surface area contributed by atoms with E-state index in [0.717, 1.165) is 5.56 Å². The van der Waals surface area contributed by atoms with E-state index in [2.05, 4.69) is 20.4 Å². The van der Waals surface area contributed by atoms with Crippen molar-refractivity contribution in [2.75, 3.05) is 0 Å². The smallest absolute Gasteiger partial charge is 0.194 e. The summed E-state index contributed by atoms with van der Waals surface area (Å²) in [7, 11) is 0. The molecule has 4 nitrogen and oxygen atoms in total. The highest BCUT2D eigenvalue weighted by molar-refractivity contribution is 5.81. The summed E-state index contributed by atoms with van der Waals surface area (Å²) in [5.41, 5.74) is 1.05. The maximum absolute atomic E-state index is 4.11. The maximum atomic E-state index is 4.11. The van der Waals surface area contributed by atoms with Gasteiger partial charge in [-0.2, -0.15) is 10.3 Å². The van der Waals surface area contributed by atoms with Crippen molar-refractivity contribution in [2.24, 2.45) is 4.99 Å². The first-order valence-electron chi connectivity index (χ1n) is 3.90. The van der Waals surface area contributed by atoms with Crippen molar-refractivity contribution in [3.8, 4) is 0 Å². The predicted octanol–water partition coefficient (Wildman–Crippen LogP) is 1.56. The van der Waals surface area contributed by atoms with Gasteiger partial charge < -0.3 is 0 Å². The van der Waals surface area contributed by atoms with Crippen LogP contribution in [0.15, 0.2) is 41.5 Å². The van der Waals surface area contributed by atoms with Crippen LogP contribution in [0.5, 0.6) is 0 Å². The van der Waals surface area contributed by atoms with Crippen molar-refractivity contribution in [3.63, 3.8) is 0 Å². The minimum absolute atomic E-state index is 0.587. The summed E-state index contributed by atoms with van der Waals surface area (Å²) in [5, 5.41) is 9.93. The van der Waals surface area contributed by atoms with Gasteiger partial charge >= 0.3 is 0 Å². The van der Waals surface area contributed by atoms with Crippen LogP contribution in [-0.4, -0.2) is 21.6 Å². The van der Waals surface area contributed by atoms with Crippen molar-refractivity contribution >= 4 is 12.0 Å². The lowest BCUT2D eigenvalue weighted by molar-refractivity contribution is 0.940. The van der Waals surface area contributed by atoms with Gasteiger partial charge in [0, 0.05) is 6.21 Å². The predicted molar refractivity (Wildman–Crippen MR) is 50.1 cm³/mol. The summed E-state index contributed by atoms with van der Waals surface area (Å²) in [6.07, 6.45) is 3.32. The molecular formula is C9H8N4. The summed E-state index contributed by atoms with van der Waals surface area (Å²) in [4.78, 5) is 4.11. The molecule has 0 radical (unpaired) electrons. The Balaban J connectivity index is 2.15. The number of hydrogen-bond donors (Lipinski definition) is 1. The second kappa shape index (κ2) is 3.62. The monoisotopic (exact) mass is 172 g/mol. The van der Waals surface area contributed by atoms with Crippen LogP contribution in [0, 0.1) is 0 Å². The number of nitrogens with one attached hydrogen (secondary N) is 1. The molecule has 1 aromatic carbocycles. The Kier molecular flexibility index (Phi) is 2.14. The van der Waals surface area contributed by atoms with Crippen molar-refractivity contribution in [1.29, 1.82) is 0 Å². The van der Waals surface area contributed by atoms with Gasteiger partial charge in [-0.05, 0) is 5.56 Å². The SMILES string of the molecule is C(=Nc1cn[nH]n1)c1ccccc1. The summed E-state index contributed by atoms with van der Waals surface area (Å²) in [6, 6.07) is 9.84. The molecule has 0 spiro atoms. The van der Waals surface area contributed by atoms with Crippen LogP contribution in [-0.2, 0) is 0 Å². The minimum atomic E-state index is 0.587. The zero-order valence-corrected chi connectivity index (χ0v) is 6.88. The van der Waals surface area contributed by atoms with Crippen LogP contribution in [0.3, 0.4) is 0 Å². The van der Waals surface area contributed by atoms with Gasteiger partial charge in [-0.25, -0.2) is 4.99 Å². The van der Waals surface area contributed by atoms with Crippen molar-refractivity contribution in [1.82, 2.24) is 15.4 Å². The van der Waals surface area contributed by atoms with E-state index in [1.54, 1.807) is 12.4 Å². The summed E-state index contributed by atoms with van der Waals surface area (Å²) in [6.45, 7) is 0. The standard InChI is InChI=1S/C9H8N4/c1-2-4-8(5-3-1)6-10-9-7-11-13-12-9/h1-7H,(H,11,12,13). The van der Waals surface area contributed by atoms with E-state index in [-0.39, 0.29) is 0 Å². The first-order chi connectivity index (χ1) is 6.45. The largest absolute Gasteiger partial charge is 0.234 e. The Morgan fingerprint density at radius 3 is 2.77 bits per heavy atom. The first kappa shape index (κ1) is 7.67. The number of hydrogen-bond acceptors (Lipinski definition) is 3. The fourth-order valence-electron chi connectivity index (χ4n) is 0.938. The lowest BCUT2D eigenvalue weighted by Gasteiger charge is -1.88. The quantitative estimate of drug-likeness (QED) is 0.699. The molecule has 64 valence electrons. The van der Waals surface area contributed by atoms with Gasteiger partial charge in [-0.3, -0.25) is 0 Å². The number of H-pyrrole nitrogens is 1. The van der Waals surface area contributed by atoms with E-state index < -0.39 is 0 Å². The van der Waals surface area contributed by atoms with Crippen molar-refractivity contribution in [2.45, 2.75) is 0 Å². The normalized spacial score (nSPS) is 10.8. The molecule has 0 unspecified atom stereocenters. The van der Waals surface area contributed by atoms with Crippen LogP contribution in [0.2, 0.25) is 0 Å². The van der Waals surface area contributed by atoms with Crippen LogP contribution in [0.4, 0.5) is 5.82 Å². The van der Waals surface area contributed by atoms with Gasteiger partial charge in [0.25, 0.3) is 0 Å². The highest BCUT2D eigenvalue weighted by atomic mass is 15.3. The van der Waals surface area contributed by atoms with Gasteiger partial charge in [-0.1, -0.05) is 30.3 Å². The summed E-state index contributed by atoms with van der Waals surface area (Å²) in [5.74, 6) is 0.587. The number of benzene rings is 1. The van der Waals surface area contributed by atoms with Crippen LogP contribution in [0.25, 0.3) is 0 Å². The molecule has 0 aliphatic heterocycles. The third-order valence-corrected chi connectivity index (χ3v) is 1.55. The van der Waals surface area contributed by atoms with E-state index in [1.165, 1.54) is 0 Å². The average molecular weight is 172 g/mol. The molecule has 0 atom stereocenters. The molecule has 1 heterocycles. The van der Waals surface area contributed by atoms with Gasteiger partial charge in [0.05, 0.1) is 6.20 Å². The van der Waals surface area contributed by atoms with E-state index in [1.807, 2.05) is 30.3 Å². The highest BCUT2D eigenvalue weighted by Gasteiger charge is 1.88. The zero-order chi connectivity index (χ0) is 8.93. The molecule has 0 saturated carbocycles. The van der Waals surface area contributed by atoms with E-state index in [4.69, 9.17) is 0 Å². The lowest BCUT2D eigenvalue weighted by atomic mass is 10.2. The van der Waals surface area contributed by atoms with Gasteiger partial charge in [0.15, 0.2) is 5.82 Å². The topological polar surface area (TPSA) is 53.9 Å². The molecule has 1 N–H and O–H groups in total. The van der Waals surface area contributed by atoms with E-state index in [0.29, 0.717) is 5.82 Å². The molecule has 2 aromatic rings. The number of aromatic nitrogens is 3. The molecule has 0 aliphatic rings. The van der Waals surface area contributed by atoms with E-state index in [9.17, 15) is 0 Å². The Hall–Kier alpha value is -1.97. The van der Waals surface area contributed by atoms with Crippen molar-refractivity contribution in [3.05, 3.63) is 42.1 Å². The van der Waals surface area contributed by atoms with Gasteiger partial charge in [-0.15, -0.1) is 5.10 Å². The average Bonchev–Trinajstić information content (AvgIpc) is 2.69. The highest BCUT2D eigenvalue weighted by Crippen LogP contribution is 2.02. The third kappa shape index (κ3) is 1.99. The van der Waals surface area contributed by atoms with Crippen molar-refractivity contribution < 1.29 is 0 Å².